The lowest BCUT2D eigenvalue weighted by Gasteiger charge is -2.41. The van der Waals surface area contributed by atoms with Crippen molar-refractivity contribution in [2.75, 3.05) is 39.4 Å². The van der Waals surface area contributed by atoms with Crippen LogP contribution in [0.1, 0.15) is 24.2 Å². The van der Waals surface area contributed by atoms with Gasteiger partial charge in [-0.05, 0) is 32.0 Å². The molecule has 0 aromatic heterocycles. The minimum atomic E-state index is 0.0613. The van der Waals surface area contributed by atoms with Crippen LogP contribution in [-0.2, 0) is 4.74 Å². The second kappa shape index (κ2) is 6.67. The van der Waals surface area contributed by atoms with E-state index in [1.165, 1.54) is 0 Å². The van der Waals surface area contributed by atoms with Gasteiger partial charge in [0.1, 0.15) is 11.9 Å². The summed E-state index contributed by atoms with van der Waals surface area (Å²) in [7, 11) is 0. The fourth-order valence-corrected chi connectivity index (χ4v) is 2.81. The van der Waals surface area contributed by atoms with Crippen LogP contribution in [0.5, 0.6) is 5.75 Å². The molecule has 0 radical (unpaired) electrons. The Morgan fingerprint density at radius 2 is 2.00 bits per heavy atom. The number of morpholine rings is 1. The van der Waals surface area contributed by atoms with Gasteiger partial charge in [-0.3, -0.25) is 9.69 Å². The molecule has 0 aliphatic carbocycles. The lowest BCUT2D eigenvalue weighted by Crippen LogP contribution is -2.56. The Labute approximate surface area is 131 Å². The van der Waals surface area contributed by atoms with Crippen LogP contribution in [0.4, 0.5) is 0 Å². The maximum Gasteiger partial charge on any atom is 0.254 e. The second-order valence-corrected chi connectivity index (χ2v) is 6.22. The summed E-state index contributed by atoms with van der Waals surface area (Å²) in [5, 5.41) is 0. The zero-order chi connectivity index (χ0) is 15.5. The summed E-state index contributed by atoms with van der Waals surface area (Å²) >= 11 is 0. The molecule has 1 aromatic carbocycles. The summed E-state index contributed by atoms with van der Waals surface area (Å²) in [6.45, 7) is 8.87. The summed E-state index contributed by atoms with van der Waals surface area (Å²) < 4.78 is 11.3. The summed E-state index contributed by atoms with van der Waals surface area (Å²) in [5.74, 6) is 0.846. The van der Waals surface area contributed by atoms with Gasteiger partial charge in [0.15, 0.2) is 0 Å². The first-order valence-corrected chi connectivity index (χ1v) is 8.01. The lowest BCUT2D eigenvalue weighted by molar-refractivity contribution is 0.0000562. The molecule has 1 aromatic rings. The largest absolute Gasteiger partial charge is 0.488 e. The molecule has 2 aliphatic heterocycles. The molecular weight excluding hydrogens is 280 g/mol. The van der Waals surface area contributed by atoms with Crippen molar-refractivity contribution in [3.8, 4) is 5.75 Å². The Morgan fingerprint density at radius 1 is 1.27 bits per heavy atom. The van der Waals surface area contributed by atoms with Gasteiger partial charge in [0, 0.05) is 37.8 Å². The zero-order valence-corrected chi connectivity index (χ0v) is 13.3. The molecule has 2 heterocycles. The van der Waals surface area contributed by atoms with E-state index in [1.54, 1.807) is 0 Å². The number of rotatable bonds is 4. The maximum atomic E-state index is 12.5. The van der Waals surface area contributed by atoms with Crippen molar-refractivity contribution in [3.63, 3.8) is 0 Å². The monoisotopic (exact) mass is 304 g/mol. The van der Waals surface area contributed by atoms with Gasteiger partial charge in [0.05, 0.1) is 13.2 Å². The average molecular weight is 304 g/mol. The second-order valence-electron chi connectivity index (χ2n) is 6.22. The molecule has 2 fully saturated rings. The molecule has 5 nitrogen and oxygen atoms in total. The number of hydrogen-bond donors (Lipinski definition) is 0. The molecule has 0 saturated carbocycles. The summed E-state index contributed by atoms with van der Waals surface area (Å²) in [5.41, 5.74) is 0.694. The summed E-state index contributed by atoms with van der Waals surface area (Å²) in [6, 6.07) is 8.09. The van der Waals surface area contributed by atoms with Gasteiger partial charge in [-0.1, -0.05) is 6.07 Å². The third-order valence-corrected chi connectivity index (χ3v) is 4.29. The Balaban J connectivity index is 1.59. The first kappa shape index (κ1) is 15.3. The SMILES string of the molecule is CC(C)N1CC(Oc2cccc(C(=O)N3CCOCC3)c2)C1. The van der Waals surface area contributed by atoms with Gasteiger partial charge in [-0.2, -0.15) is 0 Å². The number of benzene rings is 1. The zero-order valence-electron chi connectivity index (χ0n) is 13.3. The van der Waals surface area contributed by atoms with E-state index in [0.717, 1.165) is 18.8 Å². The van der Waals surface area contributed by atoms with E-state index in [-0.39, 0.29) is 12.0 Å². The normalized spacial score (nSPS) is 20.0. The Hall–Kier alpha value is -1.59. The highest BCUT2D eigenvalue weighted by molar-refractivity contribution is 5.94. The predicted molar refractivity (Wildman–Crippen MR) is 84.3 cm³/mol. The third-order valence-electron chi connectivity index (χ3n) is 4.29. The Bertz CT molecular complexity index is 520. The quantitative estimate of drug-likeness (QED) is 0.848. The molecule has 0 bridgehead atoms. The van der Waals surface area contributed by atoms with E-state index < -0.39 is 0 Å². The summed E-state index contributed by atoms with van der Waals surface area (Å²) in [6.07, 6.45) is 0.233. The number of carbonyl (C=O) groups is 1. The number of ether oxygens (including phenoxy) is 2. The highest BCUT2D eigenvalue weighted by atomic mass is 16.5. The van der Waals surface area contributed by atoms with Crippen molar-refractivity contribution >= 4 is 5.91 Å². The van der Waals surface area contributed by atoms with Gasteiger partial charge in [0.2, 0.25) is 0 Å². The van der Waals surface area contributed by atoms with Crippen LogP contribution < -0.4 is 4.74 Å². The lowest BCUT2D eigenvalue weighted by atomic mass is 10.1. The molecule has 2 saturated heterocycles. The van der Waals surface area contributed by atoms with Crippen molar-refractivity contribution < 1.29 is 14.3 Å². The molecule has 22 heavy (non-hydrogen) atoms. The molecule has 1 amide bonds. The molecule has 0 unspecified atom stereocenters. The van der Waals surface area contributed by atoms with E-state index in [9.17, 15) is 4.79 Å². The molecule has 120 valence electrons. The topological polar surface area (TPSA) is 42.0 Å². The van der Waals surface area contributed by atoms with Gasteiger partial charge in [-0.15, -0.1) is 0 Å². The third kappa shape index (κ3) is 3.42. The van der Waals surface area contributed by atoms with E-state index >= 15 is 0 Å². The maximum absolute atomic E-state index is 12.5. The number of carbonyl (C=O) groups excluding carboxylic acids is 1. The van der Waals surface area contributed by atoms with Gasteiger partial charge >= 0.3 is 0 Å². The highest BCUT2D eigenvalue weighted by Crippen LogP contribution is 2.21. The van der Waals surface area contributed by atoms with E-state index in [0.29, 0.717) is 37.9 Å². The van der Waals surface area contributed by atoms with Crippen molar-refractivity contribution in [1.29, 1.82) is 0 Å². The highest BCUT2D eigenvalue weighted by Gasteiger charge is 2.30. The first-order chi connectivity index (χ1) is 10.6. The fraction of sp³-hybridized carbons (Fsp3) is 0.588. The number of nitrogens with zero attached hydrogens (tertiary/aromatic N) is 2. The average Bonchev–Trinajstić information content (AvgIpc) is 2.50. The van der Waals surface area contributed by atoms with E-state index in [2.05, 4.69) is 18.7 Å². The van der Waals surface area contributed by atoms with Crippen molar-refractivity contribution in [3.05, 3.63) is 29.8 Å². The van der Waals surface area contributed by atoms with Crippen molar-refractivity contribution in [1.82, 2.24) is 9.80 Å². The molecule has 3 rings (SSSR count). The molecule has 0 N–H and O–H groups in total. The van der Waals surface area contributed by atoms with Crippen LogP contribution in [0.2, 0.25) is 0 Å². The van der Waals surface area contributed by atoms with Gasteiger partial charge in [0.25, 0.3) is 5.91 Å². The Kier molecular flexibility index (Phi) is 4.64. The summed E-state index contributed by atoms with van der Waals surface area (Å²) in [4.78, 5) is 16.7. The van der Waals surface area contributed by atoms with Gasteiger partial charge in [-0.25, -0.2) is 0 Å². The molecule has 2 aliphatic rings. The Morgan fingerprint density at radius 3 is 2.68 bits per heavy atom. The van der Waals surface area contributed by atoms with Crippen LogP contribution in [0.15, 0.2) is 24.3 Å². The van der Waals surface area contributed by atoms with E-state index in [4.69, 9.17) is 9.47 Å². The molecular formula is C17H24N2O3. The molecule has 0 atom stereocenters. The van der Waals surface area contributed by atoms with Crippen molar-refractivity contribution in [2.24, 2.45) is 0 Å². The minimum Gasteiger partial charge on any atom is -0.488 e. The van der Waals surface area contributed by atoms with E-state index in [1.807, 2.05) is 29.2 Å². The first-order valence-electron chi connectivity index (χ1n) is 8.01. The standard InChI is InChI=1S/C17H24N2O3/c1-13(2)19-11-16(12-19)22-15-5-3-4-14(10-15)17(20)18-6-8-21-9-7-18/h3-5,10,13,16H,6-9,11-12H2,1-2H3. The number of amides is 1. The number of likely N-dealkylation sites (tertiary alicyclic amines) is 1. The molecule has 5 heteroatoms. The van der Waals surface area contributed by atoms with Crippen LogP contribution in [0, 0.1) is 0 Å². The van der Waals surface area contributed by atoms with Crippen LogP contribution in [0.25, 0.3) is 0 Å². The minimum absolute atomic E-state index is 0.0613. The number of hydrogen-bond acceptors (Lipinski definition) is 4. The van der Waals surface area contributed by atoms with Gasteiger partial charge < -0.3 is 14.4 Å². The van der Waals surface area contributed by atoms with Crippen LogP contribution in [-0.4, -0.2) is 67.2 Å². The van der Waals surface area contributed by atoms with Crippen LogP contribution in [0.3, 0.4) is 0 Å². The molecule has 0 spiro atoms. The predicted octanol–water partition coefficient (Wildman–Crippen LogP) is 1.63. The smallest absolute Gasteiger partial charge is 0.254 e. The fourth-order valence-electron chi connectivity index (χ4n) is 2.81. The van der Waals surface area contributed by atoms with Crippen molar-refractivity contribution in [2.45, 2.75) is 26.0 Å². The van der Waals surface area contributed by atoms with Crippen LogP contribution >= 0.6 is 0 Å².